The summed E-state index contributed by atoms with van der Waals surface area (Å²) in [6.45, 7) is 12.6. The Bertz CT molecular complexity index is 921. The third-order valence-electron chi connectivity index (χ3n) is 4.63. The molecule has 0 saturated carbocycles. The Kier molecular flexibility index (Phi) is 4.26. The summed E-state index contributed by atoms with van der Waals surface area (Å²) in [7, 11) is 1.97. The number of imidazole rings is 1. The van der Waals surface area contributed by atoms with E-state index in [0.717, 1.165) is 33.7 Å². The number of phenolic OH excluding ortho intramolecular Hbond substituents is 1. The van der Waals surface area contributed by atoms with Crippen molar-refractivity contribution < 1.29 is 9.84 Å². The topological polar surface area (TPSA) is 47.3 Å². The molecule has 0 aliphatic carbocycles. The summed E-state index contributed by atoms with van der Waals surface area (Å²) in [6, 6.07) is 9.76. The number of ether oxygens (including phenoxy) is 1. The van der Waals surface area contributed by atoms with E-state index in [1.165, 1.54) is 0 Å². The van der Waals surface area contributed by atoms with E-state index in [0.29, 0.717) is 5.75 Å². The molecule has 0 saturated heterocycles. The number of rotatable bonds is 2. The van der Waals surface area contributed by atoms with E-state index in [2.05, 4.69) is 46.5 Å². The van der Waals surface area contributed by atoms with Crippen LogP contribution in [0.3, 0.4) is 0 Å². The van der Waals surface area contributed by atoms with Gasteiger partial charge in [-0.25, -0.2) is 4.98 Å². The smallest absolute Gasteiger partial charge is 0.129 e. The first-order valence-electron chi connectivity index (χ1n) is 8.94. The summed E-state index contributed by atoms with van der Waals surface area (Å²) in [6.07, 6.45) is 1.80. The van der Waals surface area contributed by atoms with Crippen LogP contribution in [0.15, 0.2) is 36.7 Å². The summed E-state index contributed by atoms with van der Waals surface area (Å²) in [4.78, 5) is 4.35. The number of benzene rings is 2. The van der Waals surface area contributed by atoms with E-state index in [1.54, 1.807) is 6.33 Å². The summed E-state index contributed by atoms with van der Waals surface area (Å²) in [5, 5.41) is 10.8. The number of aromatic hydroxyl groups is 1. The molecule has 3 rings (SSSR count). The number of aromatic nitrogens is 2. The average Bonchev–Trinajstić information content (AvgIpc) is 2.88. The molecular weight excluding hydrogens is 324 g/mol. The highest BCUT2D eigenvalue weighted by molar-refractivity contribution is 5.77. The van der Waals surface area contributed by atoms with Crippen molar-refractivity contribution in [1.82, 2.24) is 9.55 Å². The second-order valence-electron chi connectivity index (χ2n) is 8.98. The zero-order valence-corrected chi connectivity index (χ0v) is 16.7. The fraction of sp³-hybridized carbons (Fsp3) is 0.409. The van der Waals surface area contributed by atoms with E-state index in [9.17, 15) is 5.11 Å². The Labute approximate surface area is 155 Å². The summed E-state index contributed by atoms with van der Waals surface area (Å²) < 4.78 is 8.16. The molecule has 0 bridgehead atoms. The van der Waals surface area contributed by atoms with E-state index in [-0.39, 0.29) is 10.8 Å². The lowest BCUT2D eigenvalue weighted by atomic mass is 9.79. The highest BCUT2D eigenvalue weighted by Crippen LogP contribution is 2.42. The molecule has 0 amide bonds. The first-order valence-corrected chi connectivity index (χ1v) is 8.94. The molecule has 0 atom stereocenters. The molecule has 0 spiro atoms. The van der Waals surface area contributed by atoms with Crippen molar-refractivity contribution in [3.8, 4) is 17.2 Å². The Morgan fingerprint density at radius 1 is 0.885 bits per heavy atom. The average molecular weight is 352 g/mol. The lowest BCUT2D eigenvalue weighted by molar-refractivity contribution is 0.415. The van der Waals surface area contributed by atoms with E-state index in [1.807, 2.05) is 41.9 Å². The molecule has 26 heavy (non-hydrogen) atoms. The van der Waals surface area contributed by atoms with Crippen LogP contribution in [0.2, 0.25) is 0 Å². The fourth-order valence-corrected chi connectivity index (χ4v) is 3.12. The molecular formula is C22H28N2O2. The van der Waals surface area contributed by atoms with Crippen LogP contribution in [-0.4, -0.2) is 14.7 Å². The lowest BCUT2D eigenvalue weighted by Crippen LogP contribution is -2.17. The van der Waals surface area contributed by atoms with Crippen LogP contribution >= 0.6 is 0 Å². The van der Waals surface area contributed by atoms with E-state index in [4.69, 9.17) is 4.74 Å². The Balaban J connectivity index is 2.09. The molecule has 1 aromatic heterocycles. The zero-order valence-electron chi connectivity index (χ0n) is 16.7. The van der Waals surface area contributed by atoms with Gasteiger partial charge in [-0.15, -0.1) is 0 Å². The van der Waals surface area contributed by atoms with Gasteiger partial charge >= 0.3 is 0 Å². The second-order valence-corrected chi connectivity index (χ2v) is 8.98. The molecule has 138 valence electrons. The van der Waals surface area contributed by atoms with Gasteiger partial charge in [0.2, 0.25) is 0 Å². The quantitative estimate of drug-likeness (QED) is 0.647. The molecule has 1 heterocycles. The molecule has 0 unspecified atom stereocenters. The molecule has 4 nitrogen and oxygen atoms in total. The van der Waals surface area contributed by atoms with Crippen LogP contribution in [-0.2, 0) is 17.9 Å². The molecule has 1 N–H and O–H groups in total. The van der Waals surface area contributed by atoms with Gasteiger partial charge in [0.25, 0.3) is 0 Å². The first-order chi connectivity index (χ1) is 12.0. The highest BCUT2D eigenvalue weighted by atomic mass is 16.5. The number of hydrogen-bond donors (Lipinski definition) is 1. The maximum absolute atomic E-state index is 10.8. The van der Waals surface area contributed by atoms with Crippen molar-refractivity contribution in [2.75, 3.05) is 0 Å². The molecule has 0 fully saturated rings. The monoisotopic (exact) mass is 352 g/mol. The van der Waals surface area contributed by atoms with Gasteiger partial charge in [0.05, 0.1) is 17.4 Å². The van der Waals surface area contributed by atoms with Gasteiger partial charge in [-0.3, -0.25) is 0 Å². The predicted octanol–water partition coefficient (Wildman–Crippen LogP) is 5.67. The molecule has 0 aliphatic heterocycles. The van der Waals surface area contributed by atoms with Crippen LogP contribution in [0.5, 0.6) is 17.2 Å². The van der Waals surface area contributed by atoms with E-state index >= 15 is 0 Å². The predicted molar refractivity (Wildman–Crippen MR) is 106 cm³/mol. The van der Waals surface area contributed by atoms with Gasteiger partial charge in [-0.2, -0.15) is 0 Å². The van der Waals surface area contributed by atoms with Crippen LogP contribution in [0, 0.1) is 0 Å². The number of aryl methyl sites for hydroxylation is 1. The number of fused-ring (bicyclic) bond motifs is 1. The fourth-order valence-electron chi connectivity index (χ4n) is 3.12. The lowest BCUT2D eigenvalue weighted by Gasteiger charge is -2.28. The third kappa shape index (κ3) is 3.41. The Morgan fingerprint density at radius 2 is 1.46 bits per heavy atom. The Morgan fingerprint density at radius 3 is 2.00 bits per heavy atom. The van der Waals surface area contributed by atoms with Crippen molar-refractivity contribution in [1.29, 1.82) is 0 Å². The minimum atomic E-state index is -0.185. The number of hydrogen-bond acceptors (Lipinski definition) is 3. The van der Waals surface area contributed by atoms with Crippen LogP contribution in [0.1, 0.15) is 52.7 Å². The van der Waals surface area contributed by atoms with Crippen LogP contribution in [0.25, 0.3) is 11.0 Å². The normalized spacial score (nSPS) is 12.6. The SMILES string of the molecule is Cn1cnc2ccc(Oc3cc(C(C)(C)C)c(O)c(C(C)(C)C)c3)cc21. The van der Waals surface area contributed by atoms with Crippen LogP contribution in [0.4, 0.5) is 0 Å². The maximum Gasteiger partial charge on any atom is 0.129 e. The van der Waals surface area contributed by atoms with Gasteiger partial charge in [-0.05, 0) is 35.1 Å². The van der Waals surface area contributed by atoms with E-state index < -0.39 is 0 Å². The Hall–Kier alpha value is -2.49. The largest absolute Gasteiger partial charge is 0.507 e. The molecule has 0 aliphatic rings. The molecule has 2 aromatic carbocycles. The third-order valence-corrected chi connectivity index (χ3v) is 4.63. The summed E-state index contributed by atoms with van der Waals surface area (Å²) >= 11 is 0. The minimum absolute atomic E-state index is 0.185. The van der Waals surface area contributed by atoms with Gasteiger partial charge < -0.3 is 14.4 Å². The maximum atomic E-state index is 10.8. The van der Waals surface area contributed by atoms with Gasteiger partial charge in [0, 0.05) is 24.2 Å². The van der Waals surface area contributed by atoms with Crippen molar-refractivity contribution >= 4 is 11.0 Å². The standard InChI is InChI=1S/C22H28N2O2/c1-21(2,3)16-10-15(11-17(20(16)25)22(4,5)6)26-14-8-9-18-19(12-14)24(7)13-23-18/h8-13,25H,1-7H3. The summed E-state index contributed by atoms with van der Waals surface area (Å²) in [5.74, 6) is 1.85. The highest BCUT2D eigenvalue weighted by Gasteiger charge is 2.27. The molecule has 0 radical (unpaired) electrons. The minimum Gasteiger partial charge on any atom is -0.507 e. The molecule has 4 heteroatoms. The molecule has 3 aromatic rings. The van der Waals surface area contributed by atoms with Gasteiger partial charge in [-0.1, -0.05) is 41.5 Å². The van der Waals surface area contributed by atoms with Gasteiger partial charge in [0.1, 0.15) is 17.2 Å². The van der Waals surface area contributed by atoms with Crippen molar-refractivity contribution in [2.45, 2.75) is 52.4 Å². The zero-order chi connectivity index (χ0) is 19.3. The second kappa shape index (κ2) is 6.04. The first kappa shape index (κ1) is 18.3. The number of nitrogens with zero attached hydrogens (tertiary/aromatic N) is 2. The van der Waals surface area contributed by atoms with Gasteiger partial charge in [0.15, 0.2) is 0 Å². The van der Waals surface area contributed by atoms with Crippen molar-refractivity contribution in [3.63, 3.8) is 0 Å². The number of phenols is 1. The van der Waals surface area contributed by atoms with Crippen molar-refractivity contribution in [2.24, 2.45) is 7.05 Å². The van der Waals surface area contributed by atoms with Crippen molar-refractivity contribution in [3.05, 3.63) is 47.8 Å². The van der Waals surface area contributed by atoms with Crippen LogP contribution < -0.4 is 4.74 Å². The summed E-state index contributed by atoms with van der Waals surface area (Å²) in [5.41, 5.74) is 3.37.